The molecule has 1 aromatic carbocycles. The molecule has 0 bridgehead atoms. The summed E-state index contributed by atoms with van der Waals surface area (Å²) in [6.07, 6.45) is 4.43. The van der Waals surface area contributed by atoms with Crippen LogP contribution >= 0.6 is 15.9 Å². The number of likely N-dealkylation sites (tertiary alicyclic amines) is 1. The molecule has 1 fully saturated rings. The molecule has 116 valence electrons. The molecule has 0 aromatic heterocycles. The number of carboxylic acids is 1. The number of halogens is 1. The van der Waals surface area contributed by atoms with Crippen molar-refractivity contribution in [2.24, 2.45) is 0 Å². The van der Waals surface area contributed by atoms with Crippen LogP contribution in [0.3, 0.4) is 0 Å². The van der Waals surface area contributed by atoms with Gasteiger partial charge in [-0.05, 0) is 44.0 Å². The summed E-state index contributed by atoms with van der Waals surface area (Å²) in [6.45, 7) is 1.84. The Balaban J connectivity index is 2.08. The third kappa shape index (κ3) is 4.71. The smallest absolute Gasteiger partial charge is 0.303 e. The van der Waals surface area contributed by atoms with E-state index in [9.17, 15) is 4.79 Å². The topological polar surface area (TPSA) is 49.8 Å². The van der Waals surface area contributed by atoms with Gasteiger partial charge < -0.3 is 9.84 Å². The summed E-state index contributed by atoms with van der Waals surface area (Å²) >= 11 is 3.50. The van der Waals surface area contributed by atoms with Crippen LogP contribution in [-0.2, 0) is 11.3 Å². The Bertz CT molecular complexity index is 492. The van der Waals surface area contributed by atoms with Crippen LogP contribution in [0.4, 0.5) is 0 Å². The fourth-order valence-corrected chi connectivity index (χ4v) is 3.38. The average Bonchev–Trinajstić information content (AvgIpc) is 2.46. The van der Waals surface area contributed by atoms with E-state index in [1.165, 1.54) is 12.8 Å². The molecule has 5 heteroatoms. The summed E-state index contributed by atoms with van der Waals surface area (Å²) in [4.78, 5) is 13.2. The van der Waals surface area contributed by atoms with E-state index in [1.807, 2.05) is 12.1 Å². The number of aliphatic carboxylic acids is 1. The highest BCUT2D eigenvalue weighted by atomic mass is 79.9. The van der Waals surface area contributed by atoms with Crippen LogP contribution in [0.1, 0.15) is 37.7 Å². The summed E-state index contributed by atoms with van der Waals surface area (Å²) in [5.74, 6) is 0.182. The molecule has 1 unspecified atom stereocenters. The van der Waals surface area contributed by atoms with Gasteiger partial charge in [-0.2, -0.15) is 0 Å². The lowest BCUT2D eigenvalue weighted by Gasteiger charge is -2.36. The molecule has 1 saturated heterocycles. The molecule has 0 amide bonds. The molecule has 1 aliphatic rings. The Hall–Kier alpha value is -1.07. The first kappa shape index (κ1) is 16.3. The summed E-state index contributed by atoms with van der Waals surface area (Å²) in [7, 11) is 1.69. The van der Waals surface area contributed by atoms with E-state index < -0.39 is 5.97 Å². The SMILES string of the molecule is COc1ccc(Br)cc1CN1CCCCC1CCC(=O)O. The number of carbonyl (C=O) groups is 1. The summed E-state index contributed by atoms with van der Waals surface area (Å²) in [5, 5.41) is 8.89. The van der Waals surface area contributed by atoms with Gasteiger partial charge in [0.1, 0.15) is 5.75 Å². The normalized spacial score (nSPS) is 19.4. The van der Waals surface area contributed by atoms with Crippen LogP contribution in [0.15, 0.2) is 22.7 Å². The number of benzene rings is 1. The highest BCUT2D eigenvalue weighted by Gasteiger charge is 2.23. The Morgan fingerprint density at radius 1 is 1.48 bits per heavy atom. The van der Waals surface area contributed by atoms with E-state index in [-0.39, 0.29) is 6.42 Å². The zero-order valence-electron chi connectivity index (χ0n) is 12.3. The molecule has 1 aliphatic heterocycles. The zero-order chi connectivity index (χ0) is 15.2. The molecule has 1 N–H and O–H groups in total. The van der Waals surface area contributed by atoms with Gasteiger partial charge in [-0.15, -0.1) is 0 Å². The number of hydrogen-bond donors (Lipinski definition) is 1. The number of rotatable bonds is 6. The molecule has 0 aliphatic carbocycles. The predicted molar refractivity (Wildman–Crippen MR) is 85.6 cm³/mol. The number of nitrogens with zero attached hydrogens (tertiary/aromatic N) is 1. The maximum atomic E-state index is 10.8. The van der Waals surface area contributed by atoms with Crippen molar-refractivity contribution < 1.29 is 14.6 Å². The molecule has 2 rings (SSSR count). The van der Waals surface area contributed by atoms with Gasteiger partial charge in [-0.1, -0.05) is 22.4 Å². The minimum atomic E-state index is -0.708. The lowest BCUT2D eigenvalue weighted by molar-refractivity contribution is -0.137. The minimum Gasteiger partial charge on any atom is -0.496 e. The first-order valence-electron chi connectivity index (χ1n) is 7.38. The van der Waals surface area contributed by atoms with Crippen LogP contribution in [0, 0.1) is 0 Å². The molecule has 0 saturated carbocycles. The average molecular weight is 356 g/mol. The zero-order valence-corrected chi connectivity index (χ0v) is 13.9. The van der Waals surface area contributed by atoms with E-state index in [0.717, 1.165) is 41.7 Å². The lowest BCUT2D eigenvalue weighted by atomic mass is 9.97. The largest absolute Gasteiger partial charge is 0.496 e. The number of ether oxygens (including phenoxy) is 1. The quantitative estimate of drug-likeness (QED) is 0.845. The maximum absolute atomic E-state index is 10.8. The van der Waals surface area contributed by atoms with Gasteiger partial charge in [0, 0.05) is 29.0 Å². The Labute approximate surface area is 134 Å². The van der Waals surface area contributed by atoms with Gasteiger partial charge in [0.25, 0.3) is 0 Å². The van der Waals surface area contributed by atoms with Crippen LogP contribution in [0.25, 0.3) is 0 Å². The predicted octanol–water partition coefficient (Wildman–Crippen LogP) is 3.68. The van der Waals surface area contributed by atoms with E-state index in [1.54, 1.807) is 7.11 Å². The van der Waals surface area contributed by atoms with Gasteiger partial charge in [0.15, 0.2) is 0 Å². The standard InChI is InChI=1S/C16H22BrNO3/c1-21-15-7-5-13(17)10-12(15)11-18-9-3-2-4-14(18)6-8-16(19)20/h5,7,10,14H,2-4,6,8-9,11H2,1H3,(H,19,20). The molecule has 21 heavy (non-hydrogen) atoms. The van der Waals surface area contributed by atoms with Crippen molar-refractivity contribution in [3.05, 3.63) is 28.2 Å². The first-order valence-corrected chi connectivity index (χ1v) is 8.17. The van der Waals surface area contributed by atoms with Crippen molar-refractivity contribution in [1.29, 1.82) is 0 Å². The molecular formula is C16H22BrNO3. The van der Waals surface area contributed by atoms with E-state index in [0.29, 0.717) is 6.04 Å². The van der Waals surface area contributed by atoms with Crippen LogP contribution in [0.2, 0.25) is 0 Å². The first-order chi connectivity index (χ1) is 10.1. The van der Waals surface area contributed by atoms with Crippen LogP contribution in [-0.4, -0.2) is 35.7 Å². The number of methoxy groups -OCH3 is 1. The second kappa shape index (κ2) is 7.80. The van der Waals surface area contributed by atoms with Crippen molar-refractivity contribution in [2.45, 2.75) is 44.7 Å². The van der Waals surface area contributed by atoms with E-state index >= 15 is 0 Å². The second-order valence-electron chi connectivity index (χ2n) is 5.51. The lowest BCUT2D eigenvalue weighted by Crippen LogP contribution is -2.39. The van der Waals surface area contributed by atoms with Crippen molar-refractivity contribution in [3.8, 4) is 5.75 Å². The van der Waals surface area contributed by atoms with Crippen molar-refractivity contribution >= 4 is 21.9 Å². The molecule has 0 radical (unpaired) electrons. The second-order valence-corrected chi connectivity index (χ2v) is 6.42. The van der Waals surface area contributed by atoms with Gasteiger partial charge in [-0.25, -0.2) is 0 Å². The summed E-state index contributed by atoms with van der Waals surface area (Å²) in [6, 6.07) is 6.39. The fourth-order valence-electron chi connectivity index (χ4n) is 2.97. The molecule has 1 heterocycles. The summed E-state index contributed by atoms with van der Waals surface area (Å²) < 4.78 is 6.47. The van der Waals surface area contributed by atoms with Crippen molar-refractivity contribution in [1.82, 2.24) is 4.90 Å². The van der Waals surface area contributed by atoms with Crippen LogP contribution < -0.4 is 4.74 Å². The molecule has 1 aromatic rings. The van der Waals surface area contributed by atoms with Gasteiger partial charge in [0.05, 0.1) is 7.11 Å². The van der Waals surface area contributed by atoms with Crippen molar-refractivity contribution in [3.63, 3.8) is 0 Å². The Kier molecular flexibility index (Phi) is 6.06. The van der Waals surface area contributed by atoms with Gasteiger partial charge >= 0.3 is 5.97 Å². The third-order valence-electron chi connectivity index (χ3n) is 4.06. The summed E-state index contributed by atoms with van der Waals surface area (Å²) in [5.41, 5.74) is 1.15. The fraction of sp³-hybridized carbons (Fsp3) is 0.562. The molecule has 4 nitrogen and oxygen atoms in total. The molecule has 1 atom stereocenters. The van der Waals surface area contributed by atoms with E-state index in [4.69, 9.17) is 9.84 Å². The molecule has 0 spiro atoms. The number of hydrogen-bond acceptors (Lipinski definition) is 3. The number of carboxylic acid groups (broad SMARTS) is 1. The Morgan fingerprint density at radius 2 is 2.29 bits per heavy atom. The molecular weight excluding hydrogens is 334 g/mol. The third-order valence-corrected chi connectivity index (χ3v) is 4.55. The Morgan fingerprint density at radius 3 is 3.00 bits per heavy atom. The highest BCUT2D eigenvalue weighted by molar-refractivity contribution is 9.10. The number of piperidine rings is 1. The van der Waals surface area contributed by atoms with E-state index in [2.05, 4.69) is 26.9 Å². The van der Waals surface area contributed by atoms with Crippen LogP contribution in [0.5, 0.6) is 5.75 Å². The van der Waals surface area contributed by atoms with Crippen molar-refractivity contribution in [2.75, 3.05) is 13.7 Å². The highest BCUT2D eigenvalue weighted by Crippen LogP contribution is 2.28. The monoisotopic (exact) mass is 355 g/mol. The van der Waals surface area contributed by atoms with Gasteiger partial charge in [0.2, 0.25) is 0 Å². The maximum Gasteiger partial charge on any atom is 0.303 e. The minimum absolute atomic E-state index is 0.247. The van der Waals surface area contributed by atoms with Gasteiger partial charge in [-0.3, -0.25) is 9.69 Å².